The number of nitrogens with one attached hydrogen (secondary N) is 1. The van der Waals surface area contributed by atoms with Crippen LogP contribution >= 0.6 is 23.2 Å². The standard InChI is InChI=1S/C24H30Cl2N6O2/c1-15-10-20(33)22-21(15)23(29-14-28-22)30-6-8-31(9-7-30)24(34)32(17-4-5-27-12-17)13-16-2-3-18(25)19(26)11-16/h2-3,11,14-15,17,20,27,33H,4-10,12-13H2,1H3/t15-,17?,20-/m1/s1. The SMILES string of the molecule is C[C@@H]1C[C@@H](O)c2ncnc(N3CCN(C(=O)N(Cc4ccc(Cl)c(Cl)c4)C4CCNC4)CC3)c21. The van der Waals surface area contributed by atoms with Crippen LogP contribution in [0, 0.1) is 0 Å². The van der Waals surface area contributed by atoms with Crippen LogP contribution in [0.4, 0.5) is 10.6 Å². The summed E-state index contributed by atoms with van der Waals surface area (Å²) in [7, 11) is 0. The van der Waals surface area contributed by atoms with Crippen molar-refractivity contribution in [3.8, 4) is 0 Å². The maximum Gasteiger partial charge on any atom is 0.320 e. The number of amides is 2. The van der Waals surface area contributed by atoms with Crippen LogP contribution in [-0.2, 0) is 6.54 Å². The molecule has 1 unspecified atom stereocenters. The minimum atomic E-state index is -0.524. The number of carbonyl (C=O) groups excluding carboxylic acids is 1. The molecule has 2 aromatic rings. The third-order valence-electron chi connectivity index (χ3n) is 7.19. The van der Waals surface area contributed by atoms with Gasteiger partial charge in [-0.15, -0.1) is 0 Å². The number of nitrogens with zero attached hydrogens (tertiary/aromatic N) is 5. The minimum Gasteiger partial charge on any atom is -0.387 e. The van der Waals surface area contributed by atoms with Gasteiger partial charge >= 0.3 is 6.03 Å². The number of urea groups is 1. The van der Waals surface area contributed by atoms with Crippen LogP contribution in [0.1, 0.15) is 48.6 Å². The molecule has 34 heavy (non-hydrogen) atoms. The summed E-state index contributed by atoms with van der Waals surface area (Å²) in [5.74, 6) is 1.12. The molecule has 1 aromatic carbocycles. The highest BCUT2D eigenvalue weighted by Gasteiger charge is 2.35. The normalized spacial score (nSPS) is 24.4. The molecule has 2 aliphatic heterocycles. The third kappa shape index (κ3) is 4.56. The van der Waals surface area contributed by atoms with Crippen molar-refractivity contribution < 1.29 is 9.90 Å². The smallest absolute Gasteiger partial charge is 0.320 e. The van der Waals surface area contributed by atoms with Gasteiger partial charge in [-0.2, -0.15) is 0 Å². The number of halogens is 2. The summed E-state index contributed by atoms with van der Waals surface area (Å²) in [5, 5.41) is 14.7. The number of carbonyl (C=O) groups is 1. The first-order valence-corrected chi connectivity index (χ1v) is 12.7. The molecule has 3 heterocycles. The number of anilines is 1. The van der Waals surface area contributed by atoms with Gasteiger partial charge < -0.3 is 25.1 Å². The van der Waals surface area contributed by atoms with E-state index in [2.05, 4.69) is 27.1 Å². The van der Waals surface area contributed by atoms with Crippen LogP contribution < -0.4 is 10.2 Å². The molecule has 3 aliphatic rings. The van der Waals surface area contributed by atoms with E-state index in [1.54, 1.807) is 12.4 Å². The van der Waals surface area contributed by atoms with Crippen molar-refractivity contribution in [2.24, 2.45) is 0 Å². The Hall–Kier alpha value is -2.13. The molecule has 0 bridgehead atoms. The van der Waals surface area contributed by atoms with Crippen LogP contribution in [0.15, 0.2) is 24.5 Å². The van der Waals surface area contributed by atoms with E-state index in [1.807, 2.05) is 21.9 Å². The quantitative estimate of drug-likeness (QED) is 0.663. The maximum atomic E-state index is 13.7. The minimum absolute atomic E-state index is 0.0520. The lowest BCUT2D eigenvalue weighted by atomic mass is 10.1. The summed E-state index contributed by atoms with van der Waals surface area (Å²) in [6, 6.07) is 5.75. The van der Waals surface area contributed by atoms with Gasteiger partial charge in [-0.1, -0.05) is 36.2 Å². The number of rotatable bonds is 4. The number of aliphatic hydroxyl groups is 1. The van der Waals surface area contributed by atoms with Crippen molar-refractivity contribution in [3.63, 3.8) is 0 Å². The molecule has 1 aromatic heterocycles. The van der Waals surface area contributed by atoms with Gasteiger partial charge in [-0.25, -0.2) is 14.8 Å². The van der Waals surface area contributed by atoms with E-state index >= 15 is 0 Å². The second-order valence-corrected chi connectivity index (χ2v) is 10.2. The van der Waals surface area contributed by atoms with Crippen molar-refractivity contribution in [3.05, 3.63) is 51.4 Å². The van der Waals surface area contributed by atoms with Gasteiger partial charge in [-0.05, 0) is 43.0 Å². The number of benzene rings is 1. The predicted octanol–water partition coefficient (Wildman–Crippen LogP) is 3.43. The van der Waals surface area contributed by atoms with Gasteiger partial charge in [0.05, 0.1) is 21.8 Å². The average Bonchev–Trinajstić information content (AvgIpc) is 3.48. The van der Waals surface area contributed by atoms with E-state index in [9.17, 15) is 9.90 Å². The van der Waals surface area contributed by atoms with E-state index in [-0.39, 0.29) is 18.0 Å². The number of hydrogen-bond acceptors (Lipinski definition) is 6. The summed E-state index contributed by atoms with van der Waals surface area (Å²) < 4.78 is 0. The molecule has 5 rings (SSSR count). The highest BCUT2D eigenvalue weighted by atomic mass is 35.5. The fraction of sp³-hybridized carbons (Fsp3) is 0.542. The molecule has 8 nitrogen and oxygen atoms in total. The first kappa shape index (κ1) is 23.6. The van der Waals surface area contributed by atoms with Crippen LogP contribution in [0.2, 0.25) is 10.0 Å². The second kappa shape index (κ2) is 9.85. The number of hydrogen-bond donors (Lipinski definition) is 2. The number of aliphatic hydroxyl groups excluding tert-OH is 1. The Morgan fingerprint density at radius 1 is 1.21 bits per heavy atom. The fourth-order valence-electron chi connectivity index (χ4n) is 5.34. The van der Waals surface area contributed by atoms with E-state index in [0.717, 1.165) is 42.1 Å². The zero-order chi connectivity index (χ0) is 23.8. The lowest BCUT2D eigenvalue weighted by Gasteiger charge is -2.40. The molecule has 2 saturated heterocycles. The van der Waals surface area contributed by atoms with Crippen molar-refractivity contribution in [2.75, 3.05) is 44.2 Å². The third-order valence-corrected chi connectivity index (χ3v) is 7.93. The molecule has 0 saturated carbocycles. The summed E-state index contributed by atoms with van der Waals surface area (Å²) in [4.78, 5) is 28.7. The van der Waals surface area contributed by atoms with Gasteiger partial charge in [0.25, 0.3) is 0 Å². The summed E-state index contributed by atoms with van der Waals surface area (Å²) in [6.07, 6.45) is 2.63. The van der Waals surface area contributed by atoms with Crippen LogP contribution in [0.5, 0.6) is 0 Å². The van der Waals surface area contributed by atoms with Crippen LogP contribution in [-0.4, -0.2) is 76.2 Å². The summed E-state index contributed by atoms with van der Waals surface area (Å²) in [5.41, 5.74) is 2.77. The summed E-state index contributed by atoms with van der Waals surface area (Å²) >= 11 is 12.3. The molecule has 2 N–H and O–H groups in total. The average molecular weight is 505 g/mol. The summed E-state index contributed by atoms with van der Waals surface area (Å²) in [6.45, 7) is 6.93. The van der Waals surface area contributed by atoms with Crippen molar-refractivity contribution in [2.45, 2.75) is 44.4 Å². The van der Waals surface area contributed by atoms with E-state index in [4.69, 9.17) is 23.2 Å². The Morgan fingerprint density at radius 3 is 2.71 bits per heavy atom. The van der Waals surface area contributed by atoms with Gasteiger partial charge in [0.1, 0.15) is 12.1 Å². The lowest BCUT2D eigenvalue weighted by Crippen LogP contribution is -2.55. The van der Waals surface area contributed by atoms with Gasteiger partial charge in [-0.3, -0.25) is 0 Å². The Kier molecular flexibility index (Phi) is 6.84. The van der Waals surface area contributed by atoms with E-state index < -0.39 is 6.10 Å². The molecular formula is C24H30Cl2N6O2. The molecule has 2 amide bonds. The highest BCUT2D eigenvalue weighted by Crippen LogP contribution is 2.42. The molecule has 3 atom stereocenters. The zero-order valence-corrected chi connectivity index (χ0v) is 20.8. The van der Waals surface area contributed by atoms with Gasteiger partial charge in [0.2, 0.25) is 0 Å². The fourth-order valence-corrected chi connectivity index (χ4v) is 5.66. The lowest BCUT2D eigenvalue weighted by molar-refractivity contribution is 0.130. The first-order chi connectivity index (χ1) is 16.4. The van der Waals surface area contributed by atoms with Crippen molar-refractivity contribution >= 4 is 35.1 Å². The second-order valence-electron chi connectivity index (χ2n) is 9.43. The van der Waals surface area contributed by atoms with Crippen LogP contribution in [0.25, 0.3) is 0 Å². The molecule has 0 radical (unpaired) electrons. The van der Waals surface area contributed by atoms with Crippen molar-refractivity contribution in [1.29, 1.82) is 0 Å². The predicted molar refractivity (Wildman–Crippen MR) is 132 cm³/mol. The Bertz CT molecular complexity index is 1060. The first-order valence-electron chi connectivity index (χ1n) is 11.9. The number of fused-ring (bicyclic) bond motifs is 1. The highest BCUT2D eigenvalue weighted by molar-refractivity contribution is 6.42. The number of piperazine rings is 1. The topological polar surface area (TPSA) is 84.8 Å². The molecular weight excluding hydrogens is 475 g/mol. The Balaban J connectivity index is 1.29. The van der Waals surface area contributed by atoms with Crippen LogP contribution in [0.3, 0.4) is 0 Å². The van der Waals surface area contributed by atoms with Gasteiger partial charge in [0.15, 0.2) is 0 Å². The molecule has 1 aliphatic carbocycles. The molecule has 0 spiro atoms. The molecule has 10 heteroatoms. The molecule has 182 valence electrons. The maximum absolute atomic E-state index is 13.7. The number of aromatic nitrogens is 2. The van der Waals surface area contributed by atoms with Crippen molar-refractivity contribution in [1.82, 2.24) is 25.1 Å². The van der Waals surface area contributed by atoms with Gasteiger partial charge in [0, 0.05) is 50.9 Å². The molecule has 2 fully saturated rings. The van der Waals surface area contributed by atoms with E-state index in [1.165, 1.54) is 0 Å². The Morgan fingerprint density at radius 2 is 2.00 bits per heavy atom. The largest absolute Gasteiger partial charge is 0.387 e. The van der Waals surface area contributed by atoms with E-state index in [0.29, 0.717) is 49.2 Å². The monoisotopic (exact) mass is 504 g/mol. The Labute approximate surface area is 209 Å². The zero-order valence-electron chi connectivity index (χ0n) is 19.3.